The van der Waals surface area contributed by atoms with Gasteiger partial charge >= 0.3 is 0 Å². The molecule has 22 heavy (non-hydrogen) atoms. The fraction of sp³-hybridized carbons (Fsp3) is 0.312. The summed E-state index contributed by atoms with van der Waals surface area (Å²) < 4.78 is 2.02. The van der Waals surface area contributed by atoms with E-state index < -0.39 is 0 Å². The van der Waals surface area contributed by atoms with Crippen LogP contribution in [0.15, 0.2) is 31.0 Å². The zero-order valence-corrected chi connectivity index (χ0v) is 12.5. The van der Waals surface area contributed by atoms with Crippen LogP contribution in [0.25, 0.3) is 22.3 Å². The predicted molar refractivity (Wildman–Crippen MR) is 83.5 cm³/mol. The second-order valence-electron chi connectivity index (χ2n) is 5.13. The van der Waals surface area contributed by atoms with Crippen LogP contribution in [0.4, 0.5) is 0 Å². The molecule has 1 aliphatic rings. The van der Waals surface area contributed by atoms with Crippen molar-refractivity contribution in [3.05, 3.63) is 37.0 Å². The lowest BCUT2D eigenvalue weighted by atomic mass is 10.2. The molecule has 0 aliphatic heterocycles. The Morgan fingerprint density at radius 2 is 2.05 bits per heavy atom. The van der Waals surface area contributed by atoms with E-state index >= 15 is 0 Å². The Labute approximate surface area is 128 Å². The largest absolute Gasteiger partial charge is 0.346 e. The van der Waals surface area contributed by atoms with E-state index in [0.29, 0.717) is 0 Å². The van der Waals surface area contributed by atoms with E-state index in [0.717, 1.165) is 35.1 Å². The van der Waals surface area contributed by atoms with E-state index in [-0.39, 0.29) is 0 Å². The average Bonchev–Trinajstić information content (AvgIpc) is 3.27. The molecule has 3 heterocycles. The van der Waals surface area contributed by atoms with E-state index in [1.165, 1.54) is 25.8 Å². The van der Waals surface area contributed by atoms with Gasteiger partial charge in [-0.2, -0.15) is 10.4 Å². The first-order chi connectivity index (χ1) is 10.8. The number of nitriles is 1. The molecule has 0 bridgehead atoms. The van der Waals surface area contributed by atoms with E-state index in [4.69, 9.17) is 5.26 Å². The Hall–Kier alpha value is -2.68. The van der Waals surface area contributed by atoms with Crippen molar-refractivity contribution in [2.24, 2.45) is 0 Å². The topological polar surface area (TPSA) is 83.2 Å². The molecule has 0 aromatic carbocycles. The summed E-state index contributed by atoms with van der Waals surface area (Å²) in [6.45, 7) is 1.43. The van der Waals surface area contributed by atoms with Crippen LogP contribution in [0.1, 0.15) is 32.6 Å². The first kappa shape index (κ1) is 14.3. The lowest BCUT2D eigenvalue weighted by Gasteiger charge is -2.07. The molecule has 6 heteroatoms. The van der Waals surface area contributed by atoms with Crippen LogP contribution in [0.2, 0.25) is 0 Å². The van der Waals surface area contributed by atoms with Gasteiger partial charge in [0.15, 0.2) is 0 Å². The van der Waals surface area contributed by atoms with Gasteiger partial charge in [0.25, 0.3) is 0 Å². The van der Waals surface area contributed by atoms with Gasteiger partial charge in [0.2, 0.25) is 0 Å². The predicted octanol–water partition coefficient (Wildman–Crippen LogP) is 3.31. The second kappa shape index (κ2) is 6.39. The Bertz CT molecular complexity index is 788. The molecule has 0 atom stereocenters. The maximum Gasteiger partial charge on any atom is 0.141 e. The normalized spacial score (nSPS) is 14.5. The molecule has 111 valence electrons. The summed E-state index contributed by atoms with van der Waals surface area (Å²) in [5.41, 5.74) is 2.86. The third-order valence-electron chi connectivity index (χ3n) is 3.71. The third-order valence-corrected chi connectivity index (χ3v) is 3.71. The summed E-state index contributed by atoms with van der Waals surface area (Å²) in [5, 5.41) is 12.8. The number of nitrogens with zero attached hydrogens (tertiary/aromatic N) is 5. The van der Waals surface area contributed by atoms with Crippen LogP contribution in [0.3, 0.4) is 0 Å². The van der Waals surface area contributed by atoms with Crippen LogP contribution >= 0.6 is 0 Å². The minimum Gasteiger partial charge on any atom is -0.346 e. The van der Waals surface area contributed by atoms with Crippen molar-refractivity contribution >= 4 is 11.0 Å². The summed E-state index contributed by atoms with van der Waals surface area (Å²) in [6, 6.07) is 5.16. The van der Waals surface area contributed by atoms with Gasteiger partial charge in [-0.25, -0.2) is 9.97 Å². The quantitative estimate of drug-likeness (QED) is 0.785. The standard InChI is InChI=1S/C14H14N5.C2H3N/c1-2-4-11(3-1)19-8-10(7-18-19)13-12-5-6-15-14(12)17-9-16-13;1-2-3/h5-9H,1-4H2,(H,15,16,17);1H3. The summed E-state index contributed by atoms with van der Waals surface area (Å²) in [6.07, 6.45) is 12.3. The van der Waals surface area contributed by atoms with E-state index in [1.807, 2.05) is 23.1 Å². The summed E-state index contributed by atoms with van der Waals surface area (Å²) >= 11 is 0. The minimum absolute atomic E-state index is 0.867. The summed E-state index contributed by atoms with van der Waals surface area (Å²) in [4.78, 5) is 11.7. The molecule has 1 radical (unpaired) electrons. The molecule has 4 rings (SSSR count). The van der Waals surface area contributed by atoms with E-state index in [2.05, 4.69) is 26.2 Å². The van der Waals surface area contributed by atoms with Gasteiger partial charge < -0.3 is 4.98 Å². The van der Waals surface area contributed by atoms with E-state index in [1.54, 1.807) is 12.4 Å². The number of H-pyrrole nitrogens is 1. The molecule has 1 aliphatic carbocycles. The molecule has 3 aromatic rings. The Morgan fingerprint density at radius 3 is 2.82 bits per heavy atom. The molecule has 6 nitrogen and oxygen atoms in total. The highest BCUT2D eigenvalue weighted by Crippen LogP contribution is 2.30. The second-order valence-corrected chi connectivity index (χ2v) is 5.13. The number of aromatic nitrogens is 5. The number of fused-ring (bicyclic) bond motifs is 1. The average molecular weight is 293 g/mol. The maximum atomic E-state index is 7.32. The summed E-state index contributed by atoms with van der Waals surface area (Å²) in [5.74, 6) is 0. The van der Waals surface area contributed by atoms with E-state index in [9.17, 15) is 0 Å². The smallest absolute Gasteiger partial charge is 0.141 e. The van der Waals surface area contributed by atoms with Crippen molar-refractivity contribution in [1.29, 1.82) is 5.26 Å². The van der Waals surface area contributed by atoms with Crippen LogP contribution in [0.5, 0.6) is 0 Å². The Morgan fingerprint density at radius 1 is 1.27 bits per heavy atom. The van der Waals surface area contributed by atoms with Crippen molar-refractivity contribution < 1.29 is 0 Å². The fourth-order valence-electron chi connectivity index (χ4n) is 2.73. The van der Waals surface area contributed by atoms with Crippen LogP contribution in [-0.2, 0) is 0 Å². The highest BCUT2D eigenvalue weighted by Gasteiger charge is 2.19. The van der Waals surface area contributed by atoms with Crippen molar-refractivity contribution in [2.75, 3.05) is 0 Å². The molecule has 0 amide bonds. The Kier molecular flexibility index (Phi) is 4.15. The van der Waals surface area contributed by atoms with Crippen LogP contribution in [0, 0.1) is 17.4 Å². The van der Waals surface area contributed by atoms with Crippen LogP contribution in [-0.4, -0.2) is 24.7 Å². The van der Waals surface area contributed by atoms with Gasteiger partial charge in [-0.1, -0.05) is 12.8 Å². The molecule has 0 spiro atoms. The molecule has 1 N–H and O–H groups in total. The zero-order chi connectivity index (χ0) is 15.4. The maximum absolute atomic E-state index is 7.32. The highest BCUT2D eigenvalue weighted by molar-refractivity contribution is 5.89. The number of nitrogens with one attached hydrogen (secondary N) is 1. The number of hydrogen-bond acceptors (Lipinski definition) is 4. The lowest BCUT2D eigenvalue weighted by molar-refractivity contribution is 0.650. The SMILES string of the molecule is CC#N.c1nc(-c2cnn([C]3CCCC3)c2)c2cc[nH]c2n1. The molecule has 0 unspecified atom stereocenters. The molecular weight excluding hydrogens is 276 g/mol. The fourth-order valence-corrected chi connectivity index (χ4v) is 2.73. The molecular formula is C16H17N6. The molecule has 1 fully saturated rings. The van der Waals surface area contributed by atoms with Crippen molar-refractivity contribution in [2.45, 2.75) is 32.6 Å². The van der Waals surface area contributed by atoms with Crippen LogP contribution < -0.4 is 0 Å². The number of hydrogen-bond donors (Lipinski definition) is 1. The van der Waals surface area contributed by atoms with Crippen molar-refractivity contribution in [1.82, 2.24) is 24.7 Å². The lowest BCUT2D eigenvalue weighted by Crippen LogP contribution is -2.05. The summed E-state index contributed by atoms with van der Waals surface area (Å²) in [7, 11) is 0. The van der Waals surface area contributed by atoms with Gasteiger partial charge in [-0.3, -0.25) is 4.68 Å². The third kappa shape index (κ3) is 2.70. The minimum atomic E-state index is 0.867. The van der Waals surface area contributed by atoms with Crippen molar-refractivity contribution in [3.63, 3.8) is 0 Å². The van der Waals surface area contributed by atoms with Gasteiger partial charge in [0, 0.05) is 30.3 Å². The molecule has 3 aromatic heterocycles. The van der Waals surface area contributed by atoms with Crippen molar-refractivity contribution in [3.8, 4) is 17.3 Å². The van der Waals surface area contributed by atoms with Gasteiger partial charge in [-0.05, 0) is 18.9 Å². The zero-order valence-electron chi connectivity index (χ0n) is 12.5. The van der Waals surface area contributed by atoms with Gasteiger partial charge in [0.05, 0.1) is 24.0 Å². The number of rotatable bonds is 2. The van der Waals surface area contributed by atoms with Gasteiger partial charge in [-0.15, -0.1) is 0 Å². The molecule has 0 saturated heterocycles. The first-order valence-corrected chi connectivity index (χ1v) is 7.32. The first-order valence-electron chi connectivity index (χ1n) is 7.32. The Balaban J connectivity index is 0.000000446. The highest BCUT2D eigenvalue weighted by atomic mass is 15.3. The number of aromatic amines is 1. The monoisotopic (exact) mass is 293 g/mol. The molecule has 1 saturated carbocycles. The van der Waals surface area contributed by atoms with Gasteiger partial charge in [0.1, 0.15) is 12.0 Å².